The van der Waals surface area contributed by atoms with Crippen molar-refractivity contribution in [3.05, 3.63) is 48.0 Å². The number of para-hydroxylation sites is 2. The molecule has 0 unspecified atom stereocenters. The van der Waals surface area contributed by atoms with Gasteiger partial charge in [0.05, 0.1) is 0 Å². The molecule has 0 aliphatic heterocycles. The molecule has 96 valence electrons. The Balaban J connectivity index is 0.000000184. The van der Waals surface area contributed by atoms with E-state index in [9.17, 15) is 0 Å². The van der Waals surface area contributed by atoms with Gasteiger partial charge in [-0.05, 0) is 42.3 Å². The summed E-state index contributed by atoms with van der Waals surface area (Å²) >= 11 is 0. The summed E-state index contributed by atoms with van der Waals surface area (Å²) in [6, 6.07) is 10.7. The average Bonchev–Trinajstić information content (AvgIpc) is 2.37. The molecule has 0 atom stereocenters. The van der Waals surface area contributed by atoms with Gasteiger partial charge in [0.2, 0.25) is 0 Å². The van der Waals surface area contributed by atoms with Gasteiger partial charge >= 0.3 is 0 Å². The van der Waals surface area contributed by atoms with Crippen molar-refractivity contribution in [3.8, 4) is 23.0 Å². The molecule has 18 heavy (non-hydrogen) atoms. The Morgan fingerprint density at radius 1 is 0.778 bits per heavy atom. The minimum absolute atomic E-state index is 0.0764. The number of hydrogen-bond acceptors (Lipinski definition) is 4. The van der Waals surface area contributed by atoms with E-state index < -0.39 is 0 Å². The molecular weight excluding hydrogens is 232 g/mol. The topological polar surface area (TPSA) is 80.9 Å². The smallest absolute Gasteiger partial charge is 0.157 e. The number of aryl methyl sites for hydroxylation is 1. The van der Waals surface area contributed by atoms with E-state index in [0.29, 0.717) is 0 Å². The van der Waals surface area contributed by atoms with Crippen molar-refractivity contribution in [2.24, 2.45) is 0 Å². The number of phenols is 4. The van der Waals surface area contributed by atoms with Crippen LogP contribution in [0.15, 0.2) is 42.5 Å². The maximum atomic E-state index is 9.12. The molecule has 2 aromatic rings. The Labute approximate surface area is 105 Å². The summed E-state index contributed by atoms with van der Waals surface area (Å²) in [5, 5.41) is 35.4. The molecule has 0 aromatic heterocycles. The molecule has 4 heteroatoms. The summed E-state index contributed by atoms with van der Waals surface area (Å²) < 4.78 is 0. The van der Waals surface area contributed by atoms with Crippen LogP contribution < -0.4 is 0 Å². The largest absolute Gasteiger partial charge is 0.508 e. The maximum Gasteiger partial charge on any atom is 0.157 e. The summed E-state index contributed by atoms with van der Waals surface area (Å²) in [4.78, 5) is 0. The fourth-order valence-corrected chi connectivity index (χ4v) is 1.32. The number of rotatable bonds is 1. The highest BCUT2D eigenvalue weighted by Gasteiger charge is 1.97. The standard InChI is InChI=1S/C8H10O2.C6H6O2/c1-2-6-5-7(9)3-4-8(6)10;7-5-3-1-2-4-6(5)8/h3-5,9-10H,2H2,1H3;1-4,7-8H. The van der Waals surface area contributed by atoms with Gasteiger partial charge in [-0.1, -0.05) is 19.1 Å². The first kappa shape index (κ1) is 13.7. The van der Waals surface area contributed by atoms with E-state index in [0.717, 1.165) is 12.0 Å². The summed E-state index contributed by atoms with van der Waals surface area (Å²) in [5.74, 6) is 0.301. The molecule has 4 nitrogen and oxygen atoms in total. The van der Waals surface area contributed by atoms with Gasteiger partial charge in [0, 0.05) is 0 Å². The predicted octanol–water partition coefficient (Wildman–Crippen LogP) is 2.76. The normalized spacial score (nSPS) is 9.39. The van der Waals surface area contributed by atoms with E-state index >= 15 is 0 Å². The molecule has 4 N–H and O–H groups in total. The molecule has 0 aliphatic rings. The summed E-state index contributed by atoms with van der Waals surface area (Å²) in [6.45, 7) is 1.93. The number of aromatic hydroxyl groups is 4. The lowest BCUT2D eigenvalue weighted by Crippen LogP contribution is -1.79. The van der Waals surface area contributed by atoms with Crippen LogP contribution in [-0.4, -0.2) is 20.4 Å². The minimum atomic E-state index is -0.0764. The quantitative estimate of drug-likeness (QED) is 0.462. The first-order chi connectivity index (χ1) is 8.54. The van der Waals surface area contributed by atoms with Gasteiger partial charge in [-0.15, -0.1) is 0 Å². The second-order valence-corrected chi connectivity index (χ2v) is 3.66. The van der Waals surface area contributed by atoms with Crippen LogP contribution in [0, 0.1) is 0 Å². The van der Waals surface area contributed by atoms with Crippen molar-refractivity contribution in [2.75, 3.05) is 0 Å². The molecule has 0 saturated heterocycles. The van der Waals surface area contributed by atoms with Crippen LogP contribution in [0.2, 0.25) is 0 Å². The van der Waals surface area contributed by atoms with Crippen molar-refractivity contribution in [1.29, 1.82) is 0 Å². The van der Waals surface area contributed by atoms with Crippen molar-refractivity contribution < 1.29 is 20.4 Å². The number of hydrogen-bond donors (Lipinski definition) is 4. The lowest BCUT2D eigenvalue weighted by molar-refractivity contribution is 0.404. The molecular formula is C14H16O4. The first-order valence-electron chi connectivity index (χ1n) is 5.52. The van der Waals surface area contributed by atoms with Crippen LogP contribution in [0.4, 0.5) is 0 Å². The van der Waals surface area contributed by atoms with E-state index in [-0.39, 0.29) is 23.0 Å². The Hall–Kier alpha value is -2.36. The second kappa shape index (κ2) is 6.39. The highest BCUT2D eigenvalue weighted by molar-refractivity contribution is 5.38. The Kier molecular flexibility index (Phi) is 4.87. The van der Waals surface area contributed by atoms with Gasteiger partial charge < -0.3 is 20.4 Å². The van der Waals surface area contributed by atoms with Gasteiger partial charge in [-0.2, -0.15) is 0 Å². The molecule has 0 bridgehead atoms. The van der Waals surface area contributed by atoms with Gasteiger partial charge in [0.25, 0.3) is 0 Å². The van der Waals surface area contributed by atoms with Crippen LogP contribution in [0.25, 0.3) is 0 Å². The van der Waals surface area contributed by atoms with E-state index in [1.165, 1.54) is 24.3 Å². The summed E-state index contributed by atoms with van der Waals surface area (Å²) in [6.07, 6.45) is 0.736. The fraction of sp³-hybridized carbons (Fsp3) is 0.143. The van der Waals surface area contributed by atoms with Gasteiger partial charge in [-0.25, -0.2) is 0 Å². The van der Waals surface area contributed by atoms with Crippen molar-refractivity contribution in [1.82, 2.24) is 0 Å². The zero-order valence-corrected chi connectivity index (χ0v) is 10.0. The lowest BCUT2D eigenvalue weighted by atomic mass is 10.1. The lowest BCUT2D eigenvalue weighted by Gasteiger charge is -2.00. The van der Waals surface area contributed by atoms with Gasteiger partial charge in [0.15, 0.2) is 11.5 Å². The van der Waals surface area contributed by atoms with Crippen molar-refractivity contribution >= 4 is 0 Å². The molecule has 0 saturated carbocycles. The predicted molar refractivity (Wildman–Crippen MR) is 68.9 cm³/mol. The third-order valence-corrected chi connectivity index (χ3v) is 2.33. The monoisotopic (exact) mass is 248 g/mol. The summed E-state index contributed by atoms with van der Waals surface area (Å²) in [5.41, 5.74) is 0.778. The molecule has 2 aromatic carbocycles. The highest BCUT2D eigenvalue weighted by Crippen LogP contribution is 2.22. The fourth-order valence-electron chi connectivity index (χ4n) is 1.32. The van der Waals surface area contributed by atoms with Crippen LogP contribution in [0.1, 0.15) is 12.5 Å². The molecule has 0 fully saturated rings. The average molecular weight is 248 g/mol. The van der Waals surface area contributed by atoms with Gasteiger partial charge in [-0.3, -0.25) is 0 Å². The molecule has 0 spiro atoms. The summed E-state index contributed by atoms with van der Waals surface area (Å²) in [7, 11) is 0. The molecule has 2 rings (SSSR count). The SMILES string of the molecule is CCc1cc(O)ccc1O.Oc1ccccc1O. The third-order valence-electron chi connectivity index (χ3n) is 2.33. The first-order valence-corrected chi connectivity index (χ1v) is 5.52. The van der Waals surface area contributed by atoms with Crippen LogP contribution >= 0.6 is 0 Å². The second-order valence-electron chi connectivity index (χ2n) is 3.66. The van der Waals surface area contributed by atoms with Crippen LogP contribution in [0.5, 0.6) is 23.0 Å². The maximum absolute atomic E-state index is 9.12. The third kappa shape index (κ3) is 3.90. The Bertz CT molecular complexity index is 488. The Morgan fingerprint density at radius 2 is 1.33 bits per heavy atom. The highest BCUT2D eigenvalue weighted by atomic mass is 16.3. The van der Waals surface area contributed by atoms with E-state index in [1.807, 2.05) is 6.92 Å². The minimum Gasteiger partial charge on any atom is -0.508 e. The van der Waals surface area contributed by atoms with E-state index in [4.69, 9.17) is 20.4 Å². The number of benzene rings is 2. The number of phenolic OH excluding ortho intramolecular Hbond substituents is 4. The zero-order valence-electron chi connectivity index (χ0n) is 10.0. The molecule has 0 aliphatic carbocycles. The molecule has 0 radical (unpaired) electrons. The molecule has 0 amide bonds. The van der Waals surface area contributed by atoms with Crippen molar-refractivity contribution in [3.63, 3.8) is 0 Å². The zero-order chi connectivity index (χ0) is 13.5. The van der Waals surface area contributed by atoms with Crippen LogP contribution in [0.3, 0.4) is 0 Å². The van der Waals surface area contributed by atoms with Gasteiger partial charge in [0.1, 0.15) is 11.5 Å². The van der Waals surface area contributed by atoms with E-state index in [1.54, 1.807) is 18.2 Å². The van der Waals surface area contributed by atoms with Crippen LogP contribution in [-0.2, 0) is 6.42 Å². The Morgan fingerprint density at radius 3 is 1.72 bits per heavy atom. The van der Waals surface area contributed by atoms with E-state index in [2.05, 4.69) is 0 Å². The van der Waals surface area contributed by atoms with Crippen molar-refractivity contribution in [2.45, 2.75) is 13.3 Å². The molecule has 0 heterocycles.